The minimum absolute atomic E-state index is 0.00973. The van der Waals surface area contributed by atoms with E-state index in [9.17, 15) is 9.59 Å². The topological polar surface area (TPSA) is 61.4 Å². The average Bonchev–Trinajstić information content (AvgIpc) is 2.63. The highest BCUT2D eigenvalue weighted by molar-refractivity contribution is 5.94. The van der Waals surface area contributed by atoms with Crippen LogP contribution in [0.4, 0.5) is 11.4 Å². The zero-order valence-electron chi connectivity index (χ0n) is 16.2. The van der Waals surface area contributed by atoms with E-state index in [0.717, 1.165) is 30.6 Å². The van der Waals surface area contributed by atoms with Gasteiger partial charge in [-0.15, -0.1) is 0 Å². The summed E-state index contributed by atoms with van der Waals surface area (Å²) in [7, 11) is 2.03. The van der Waals surface area contributed by atoms with Gasteiger partial charge in [0.25, 0.3) is 0 Å². The summed E-state index contributed by atoms with van der Waals surface area (Å²) >= 11 is 0. The van der Waals surface area contributed by atoms with Crippen LogP contribution in [0, 0.1) is 0 Å². The minimum Gasteiger partial charge on any atom is -0.326 e. The fourth-order valence-electron chi connectivity index (χ4n) is 3.51. The van der Waals surface area contributed by atoms with E-state index in [0.29, 0.717) is 19.0 Å². The number of hydrogen-bond acceptors (Lipinski definition) is 3. The first kappa shape index (κ1) is 20.4. The van der Waals surface area contributed by atoms with E-state index < -0.39 is 0 Å². The lowest BCUT2D eigenvalue weighted by atomic mass is 9.94. The molecule has 2 rings (SSSR count). The molecule has 0 aliphatic heterocycles. The standard InChI is InChI=1S/C21H33N3O2/c1-3-4-6-14-20(25)22-17-10-9-11-18(15-17)23-21(26)16-24(2)19-12-7-5-8-13-19/h9-11,15,19H,3-8,12-14,16H2,1-2H3,(H,22,25)(H,23,26). The SMILES string of the molecule is CCCCCC(=O)Nc1cccc(NC(=O)CN(C)C2CCCCC2)c1. The molecule has 0 spiro atoms. The highest BCUT2D eigenvalue weighted by Crippen LogP contribution is 2.21. The van der Waals surface area contributed by atoms with Gasteiger partial charge in [-0.05, 0) is 44.5 Å². The van der Waals surface area contributed by atoms with Crippen LogP contribution in [0.3, 0.4) is 0 Å². The second-order valence-corrected chi connectivity index (χ2v) is 7.34. The van der Waals surface area contributed by atoms with Crippen molar-refractivity contribution in [2.45, 2.75) is 70.8 Å². The van der Waals surface area contributed by atoms with Crippen LogP contribution in [-0.2, 0) is 9.59 Å². The van der Waals surface area contributed by atoms with Crippen molar-refractivity contribution in [3.05, 3.63) is 24.3 Å². The lowest BCUT2D eigenvalue weighted by Gasteiger charge is -2.30. The molecule has 0 saturated heterocycles. The van der Waals surface area contributed by atoms with Crippen LogP contribution >= 0.6 is 0 Å². The molecule has 0 bridgehead atoms. The van der Waals surface area contributed by atoms with E-state index in [4.69, 9.17) is 0 Å². The summed E-state index contributed by atoms with van der Waals surface area (Å²) in [4.78, 5) is 26.4. The van der Waals surface area contributed by atoms with Crippen molar-refractivity contribution >= 4 is 23.2 Å². The van der Waals surface area contributed by atoms with Crippen molar-refractivity contribution in [3.8, 4) is 0 Å². The van der Waals surface area contributed by atoms with Gasteiger partial charge in [0.2, 0.25) is 11.8 Å². The number of benzene rings is 1. The number of hydrogen-bond donors (Lipinski definition) is 2. The Kier molecular flexibility index (Phi) is 8.62. The number of carbonyl (C=O) groups excluding carboxylic acids is 2. The molecule has 0 heterocycles. The molecule has 2 N–H and O–H groups in total. The molecule has 26 heavy (non-hydrogen) atoms. The fourth-order valence-corrected chi connectivity index (χ4v) is 3.51. The first-order valence-electron chi connectivity index (χ1n) is 9.98. The molecule has 1 aromatic carbocycles. The van der Waals surface area contributed by atoms with Gasteiger partial charge in [0.1, 0.15) is 0 Å². The molecule has 5 heteroatoms. The maximum absolute atomic E-state index is 12.3. The predicted molar refractivity (Wildman–Crippen MR) is 107 cm³/mol. The smallest absolute Gasteiger partial charge is 0.238 e. The Labute approximate surface area is 157 Å². The minimum atomic E-state index is -0.00973. The third-order valence-corrected chi connectivity index (χ3v) is 5.03. The molecule has 144 valence electrons. The molecular weight excluding hydrogens is 326 g/mol. The van der Waals surface area contributed by atoms with Crippen molar-refractivity contribution in [2.24, 2.45) is 0 Å². The number of anilines is 2. The molecule has 0 atom stereocenters. The van der Waals surface area contributed by atoms with Crippen LogP contribution in [0.1, 0.15) is 64.7 Å². The molecule has 1 aliphatic carbocycles. The number of carbonyl (C=O) groups is 2. The summed E-state index contributed by atoms with van der Waals surface area (Å²) in [6.45, 7) is 2.52. The predicted octanol–water partition coefficient (Wildman–Crippen LogP) is 4.41. The van der Waals surface area contributed by atoms with Crippen molar-refractivity contribution < 1.29 is 9.59 Å². The summed E-state index contributed by atoms with van der Waals surface area (Å²) in [5.41, 5.74) is 1.45. The van der Waals surface area contributed by atoms with Crippen LogP contribution in [0.2, 0.25) is 0 Å². The van der Waals surface area contributed by atoms with Gasteiger partial charge in [-0.1, -0.05) is 45.1 Å². The maximum Gasteiger partial charge on any atom is 0.238 e. The molecule has 1 fully saturated rings. The molecule has 0 radical (unpaired) electrons. The fraction of sp³-hybridized carbons (Fsp3) is 0.619. The van der Waals surface area contributed by atoms with E-state index in [1.165, 1.54) is 32.1 Å². The quantitative estimate of drug-likeness (QED) is 0.642. The zero-order chi connectivity index (χ0) is 18.8. The van der Waals surface area contributed by atoms with Gasteiger partial charge < -0.3 is 10.6 Å². The van der Waals surface area contributed by atoms with Gasteiger partial charge in [-0.3, -0.25) is 14.5 Å². The monoisotopic (exact) mass is 359 g/mol. The lowest BCUT2D eigenvalue weighted by Crippen LogP contribution is -2.39. The highest BCUT2D eigenvalue weighted by Gasteiger charge is 2.19. The Balaban J connectivity index is 1.81. The van der Waals surface area contributed by atoms with E-state index in [-0.39, 0.29) is 11.8 Å². The van der Waals surface area contributed by atoms with E-state index >= 15 is 0 Å². The molecule has 1 saturated carbocycles. The summed E-state index contributed by atoms with van der Waals surface area (Å²) in [5, 5.41) is 5.85. The third kappa shape index (κ3) is 7.16. The number of nitrogens with zero attached hydrogens (tertiary/aromatic N) is 1. The van der Waals surface area contributed by atoms with Gasteiger partial charge >= 0.3 is 0 Å². The largest absolute Gasteiger partial charge is 0.326 e. The summed E-state index contributed by atoms with van der Waals surface area (Å²) in [6, 6.07) is 7.88. The summed E-state index contributed by atoms with van der Waals surface area (Å²) < 4.78 is 0. The normalized spacial score (nSPS) is 15.0. The second-order valence-electron chi connectivity index (χ2n) is 7.34. The van der Waals surface area contributed by atoms with Crippen LogP contribution in [0.15, 0.2) is 24.3 Å². The number of amides is 2. The molecule has 0 unspecified atom stereocenters. The first-order chi connectivity index (χ1) is 12.6. The Morgan fingerprint density at radius 3 is 2.35 bits per heavy atom. The lowest BCUT2D eigenvalue weighted by molar-refractivity contribution is -0.118. The van der Waals surface area contributed by atoms with Crippen LogP contribution in [0.5, 0.6) is 0 Å². The molecule has 2 amide bonds. The first-order valence-corrected chi connectivity index (χ1v) is 9.98. The van der Waals surface area contributed by atoms with Crippen LogP contribution < -0.4 is 10.6 Å². The van der Waals surface area contributed by atoms with Crippen molar-refractivity contribution in [3.63, 3.8) is 0 Å². The van der Waals surface area contributed by atoms with Gasteiger partial charge in [0.05, 0.1) is 6.54 Å². The zero-order valence-corrected chi connectivity index (χ0v) is 16.2. The van der Waals surface area contributed by atoms with Crippen molar-refractivity contribution in [2.75, 3.05) is 24.2 Å². The number of likely N-dealkylation sites (N-methyl/N-ethyl adjacent to an activating group) is 1. The van der Waals surface area contributed by atoms with E-state index in [1.54, 1.807) is 0 Å². The maximum atomic E-state index is 12.3. The second kappa shape index (κ2) is 11.0. The molecule has 0 aromatic heterocycles. The Bertz CT molecular complexity index is 582. The number of unbranched alkanes of at least 4 members (excludes halogenated alkanes) is 2. The van der Waals surface area contributed by atoms with Gasteiger partial charge in [-0.25, -0.2) is 0 Å². The van der Waals surface area contributed by atoms with Gasteiger partial charge in [0.15, 0.2) is 0 Å². The van der Waals surface area contributed by atoms with Gasteiger partial charge in [-0.2, -0.15) is 0 Å². The molecule has 1 aliphatic rings. The summed E-state index contributed by atoms with van der Waals surface area (Å²) in [5.74, 6) is 0.0171. The number of rotatable bonds is 9. The van der Waals surface area contributed by atoms with Crippen LogP contribution in [0.25, 0.3) is 0 Å². The van der Waals surface area contributed by atoms with E-state index in [2.05, 4.69) is 22.5 Å². The Morgan fingerprint density at radius 1 is 1.04 bits per heavy atom. The third-order valence-electron chi connectivity index (χ3n) is 5.03. The van der Waals surface area contributed by atoms with Crippen molar-refractivity contribution in [1.82, 2.24) is 4.90 Å². The Morgan fingerprint density at radius 2 is 1.69 bits per heavy atom. The van der Waals surface area contributed by atoms with Gasteiger partial charge in [0, 0.05) is 23.8 Å². The van der Waals surface area contributed by atoms with Crippen LogP contribution in [-0.4, -0.2) is 36.3 Å². The molecule has 5 nitrogen and oxygen atoms in total. The molecular formula is C21H33N3O2. The van der Waals surface area contributed by atoms with E-state index in [1.807, 2.05) is 31.3 Å². The summed E-state index contributed by atoms with van der Waals surface area (Å²) in [6.07, 6.45) is 9.82. The highest BCUT2D eigenvalue weighted by atomic mass is 16.2. The number of nitrogens with one attached hydrogen (secondary N) is 2. The molecule has 1 aromatic rings. The van der Waals surface area contributed by atoms with Crippen molar-refractivity contribution in [1.29, 1.82) is 0 Å². The Hall–Kier alpha value is -1.88. The average molecular weight is 360 g/mol.